The summed E-state index contributed by atoms with van der Waals surface area (Å²) in [6.45, 7) is 3.77. The number of nitrogens with zero attached hydrogens (tertiary/aromatic N) is 2. The van der Waals surface area contributed by atoms with E-state index in [1.807, 2.05) is 6.92 Å². The van der Waals surface area contributed by atoms with Gasteiger partial charge >= 0.3 is 0 Å². The molecule has 2 rings (SSSR count). The first-order valence-electron chi connectivity index (χ1n) is 6.44. The molecular formula is C13H18FN3O2. The Kier molecular flexibility index (Phi) is 4.31. The fraction of sp³-hybridized carbons (Fsp3) is 0.538. The van der Waals surface area contributed by atoms with E-state index < -0.39 is 5.82 Å². The lowest BCUT2D eigenvalue weighted by atomic mass is 10.1. The van der Waals surface area contributed by atoms with Gasteiger partial charge in [0, 0.05) is 25.9 Å². The number of halogens is 1. The average molecular weight is 267 g/mol. The number of likely N-dealkylation sites (tertiary alicyclic amines) is 1. The van der Waals surface area contributed by atoms with E-state index in [0.29, 0.717) is 19.7 Å². The molecule has 1 aromatic rings. The maximum atomic E-state index is 13.7. The number of carbonyl (C=O) groups excluding carboxylic acids is 1. The Morgan fingerprint density at radius 2 is 2.26 bits per heavy atom. The number of amides is 1. The van der Waals surface area contributed by atoms with Crippen LogP contribution in [0.25, 0.3) is 0 Å². The first kappa shape index (κ1) is 13.7. The molecule has 1 aromatic heterocycles. The number of nitrogen functional groups attached to an aromatic ring is 1. The number of ether oxygens (including phenoxy) is 1. The minimum atomic E-state index is -0.737. The van der Waals surface area contributed by atoms with Gasteiger partial charge in [-0.2, -0.15) is 0 Å². The molecule has 0 saturated carbocycles. The van der Waals surface area contributed by atoms with Crippen molar-refractivity contribution in [1.29, 1.82) is 0 Å². The lowest BCUT2D eigenvalue weighted by molar-refractivity contribution is 0.0144. The van der Waals surface area contributed by atoms with Crippen LogP contribution < -0.4 is 5.73 Å². The van der Waals surface area contributed by atoms with Crippen LogP contribution in [0.2, 0.25) is 0 Å². The van der Waals surface area contributed by atoms with Gasteiger partial charge in [0.15, 0.2) is 11.6 Å². The largest absolute Gasteiger partial charge is 0.381 e. The van der Waals surface area contributed by atoms with Gasteiger partial charge in [0.25, 0.3) is 5.91 Å². The van der Waals surface area contributed by atoms with Crippen molar-refractivity contribution >= 4 is 11.7 Å². The molecule has 0 unspecified atom stereocenters. The van der Waals surface area contributed by atoms with Crippen molar-refractivity contribution < 1.29 is 13.9 Å². The zero-order valence-corrected chi connectivity index (χ0v) is 10.9. The summed E-state index contributed by atoms with van der Waals surface area (Å²) in [7, 11) is 0. The maximum Gasteiger partial charge on any atom is 0.257 e. The van der Waals surface area contributed by atoms with Gasteiger partial charge in [-0.15, -0.1) is 0 Å². The molecule has 1 fully saturated rings. The predicted octanol–water partition coefficient (Wildman–Crippen LogP) is 1.44. The van der Waals surface area contributed by atoms with Crippen LogP contribution in [-0.4, -0.2) is 41.6 Å². The Morgan fingerprint density at radius 3 is 2.89 bits per heavy atom. The van der Waals surface area contributed by atoms with Crippen LogP contribution in [0.4, 0.5) is 10.2 Å². The lowest BCUT2D eigenvalue weighted by Gasteiger charge is -2.31. The van der Waals surface area contributed by atoms with Gasteiger partial charge in [-0.25, -0.2) is 9.37 Å². The number of aromatic nitrogens is 1. The van der Waals surface area contributed by atoms with E-state index in [4.69, 9.17) is 10.5 Å². The van der Waals surface area contributed by atoms with E-state index in [1.165, 1.54) is 12.3 Å². The highest BCUT2D eigenvalue weighted by Crippen LogP contribution is 2.19. The van der Waals surface area contributed by atoms with Crippen LogP contribution in [0.15, 0.2) is 12.3 Å². The molecule has 1 amide bonds. The first-order chi connectivity index (χ1) is 9.13. The molecule has 1 saturated heterocycles. The van der Waals surface area contributed by atoms with Crippen LogP contribution in [0.5, 0.6) is 0 Å². The Balaban J connectivity index is 2.03. The number of rotatable bonds is 3. The maximum absolute atomic E-state index is 13.7. The van der Waals surface area contributed by atoms with Crippen LogP contribution in [0, 0.1) is 5.82 Å². The first-order valence-corrected chi connectivity index (χ1v) is 6.44. The third-order valence-electron chi connectivity index (χ3n) is 3.28. The molecule has 0 radical (unpaired) electrons. The molecule has 0 aliphatic carbocycles. The molecule has 0 aromatic carbocycles. The highest BCUT2D eigenvalue weighted by molar-refractivity contribution is 5.95. The summed E-state index contributed by atoms with van der Waals surface area (Å²) in [5.74, 6) is -1.31. The van der Waals surface area contributed by atoms with Crippen LogP contribution in [0.3, 0.4) is 0 Å². The molecule has 5 nitrogen and oxygen atoms in total. The molecule has 1 aliphatic rings. The number of piperidine rings is 1. The Hall–Kier alpha value is -1.69. The molecule has 2 N–H and O–H groups in total. The minimum absolute atomic E-state index is 0.0117. The molecule has 104 valence electrons. The highest BCUT2D eigenvalue weighted by atomic mass is 19.1. The summed E-state index contributed by atoms with van der Waals surface area (Å²) < 4.78 is 19.3. The SMILES string of the molecule is CCOC1CCN(C(=O)c2ccnc(N)c2F)CC1. The Morgan fingerprint density at radius 1 is 1.58 bits per heavy atom. The summed E-state index contributed by atoms with van der Waals surface area (Å²) in [5, 5.41) is 0. The van der Waals surface area contributed by atoms with E-state index in [9.17, 15) is 9.18 Å². The van der Waals surface area contributed by atoms with Crippen LogP contribution >= 0.6 is 0 Å². The summed E-state index contributed by atoms with van der Waals surface area (Å²) in [4.78, 5) is 17.4. The monoisotopic (exact) mass is 267 g/mol. The molecule has 19 heavy (non-hydrogen) atoms. The number of nitrogens with two attached hydrogens (primary N) is 1. The topological polar surface area (TPSA) is 68.5 Å². The van der Waals surface area contributed by atoms with Gasteiger partial charge in [0.1, 0.15) is 0 Å². The van der Waals surface area contributed by atoms with Gasteiger partial charge < -0.3 is 15.4 Å². The third-order valence-corrected chi connectivity index (χ3v) is 3.28. The molecule has 0 spiro atoms. The van der Waals surface area contributed by atoms with Crippen LogP contribution in [0.1, 0.15) is 30.1 Å². The quantitative estimate of drug-likeness (QED) is 0.900. The predicted molar refractivity (Wildman–Crippen MR) is 69.2 cm³/mol. The van der Waals surface area contributed by atoms with Crippen molar-refractivity contribution in [2.45, 2.75) is 25.9 Å². The van der Waals surface area contributed by atoms with Crippen molar-refractivity contribution in [1.82, 2.24) is 9.88 Å². The van der Waals surface area contributed by atoms with E-state index >= 15 is 0 Å². The lowest BCUT2D eigenvalue weighted by Crippen LogP contribution is -2.41. The second-order valence-electron chi connectivity index (χ2n) is 4.50. The van der Waals surface area contributed by atoms with E-state index in [0.717, 1.165) is 12.8 Å². The normalized spacial score (nSPS) is 16.6. The van der Waals surface area contributed by atoms with Crippen LogP contribution in [-0.2, 0) is 4.74 Å². The molecule has 1 aliphatic heterocycles. The Bertz CT molecular complexity index is 459. The van der Waals surface area contributed by atoms with Gasteiger partial charge in [0.2, 0.25) is 0 Å². The summed E-state index contributed by atoms with van der Waals surface area (Å²) in [6.07, 6.45) is 3.10. The highest BCUT2D eigenvalue weighted by Gasteiger charge is 2.26. The van der Waals surface area contributed by atoms with E-state index in [1.54, 1.807) is 4.90 Å². The summed E-state index contributed by atoms with van der Waals surface area (Å²) in [6, 6.07) is 1.36. The average Bonchev–Trinajstić information content (AvgIpc) is 2.42. The zero-order chi connectivity index (χ0) is 13.8. The van der Waals surface area contributed by atoms with Gasteiger partial charge in [-0.1, -0.05) is 0 Å². The van der Waals surface area contributed by atoms with E-state index in [-0.39, 0.29) is 23.4 Å². The molecule has 0 atom stereocenters. The minimum Gasteiger partial charge on any atom is -0.381 e. The van der Waals surface area contributed by atoms with Crippen molar-refractivity contribution in [3.63, 3.8) is 0 Å². The van der Waals surface area contributed by atoms with Gasteiger partial charge in [-0.3, -0.25) is 4.79 Å². The van der Waals surface area contributed by atoms with Gasteiger partial charge in [0.05, 0.1) is 11.7 Å². The number of hydrogen-bond donors (Lipinski definition) is 1. The molecule has 2 heterocycles. The summed E-state index contributed by atoms with van der Waals surface area (Å²) in [5.41, 5.74) is 5.36. The van der Waals surface area contributed by atoms with Gasteiger partial charge in [-0.05, 0) is 25.8 Å². The zero-order valence-electron chi connectivity index (χ0n) is 10.9. The van der Waals surface area contributed by atoms with Crippen molar-refractivity contribution in [3.8, 4) is 0 Å². The number of carbonyl (C=O) groups is 1. The number of pyridine rings is 1. The number of hydrogen-bond acceptors (Lipinski definition) is 4. The number of anilines is 1. The van der Waals surface area contributed by atoms with E-state index in [2.05, 4.69) is 4.98 Å². The third kappa shape index (κ3) is 3.01. The fourth-order valence-electron chi connectivity index (χ4n) is 2.26. The van der Waals surface area contributed by atoms with Crippen molar-refractivity contribution in [2.75, 3.05) is 25.4 Å². The smallest absolute Gasteiger partial charge is 0.257 e. The van der Waals surface area contributed by atoms with Crippen molar-refractivity contribution in [3.05, 3.63) is 23.6 Å². The standard InChI is InChI=1S/C13H18FN3O2/c1-2-19-9-4-7-17(8-5-9)13(18)10-3-6-16-12(15)11(10)14/h3,6,9H,2,4-5,7-8H2,1H3,(H2,15,16). The Labute approximate surface area is 111 Å². The molecule has 6 heteroatoms. The fourth-order valence-corrected chi connectivity index (χ4v) is 2.26. The molecule has 0 bridgehead atoms. The molecular weight excluding hydrogens is 249 g/mol. The van der Waals surface area contributed by atoms with Crippen molar-refractivity contribution in [2.24, 2.45) is 0 Å². The second-order valence-corrected chi connectivity index (χ2v) is 4.50. The summed E-state index contributed by atoms with van der Waals surface area (Å²) >= 11 is 0. The second kappa shape index (κ2) is 5.97.